The Morgan fingerprint density at radius 1 is 1.16 bits per heavy atom. The van der Waals surface area contributed by atoms with Crippen molar-refractivity contribution in [3.8, 4) is 5.75 Å². The Bertz CT molecular complexity index is 1280. The summed E-state index contributed by atoms with van der Waals surface area (Å²) in [5.41, 5.74) is 1.16. The summed E-state index contributed by atoms with van der Waals surface area (Å²) in [6.45, 7) is 3.52. The van der Waals surface area contributed by atoms with Gasteiger partial charge in [0, 0.05) is 45.1 Å². The van der Waals surface area contributed by atoms with Gasteiger partial charge in [-0.25, -0.2) is 9.78 Å². The predicted octanol–water partition coefficient (Wildman–Crippen LogP) is 2.72. The molecule has 1 aromatic carbocycles. The molecule has 2 N–H and O–H groups in total. The minimum Gasteiger partial charge on any atom is -0.495 e. The van der Waals surface area contributed by atoms with Crippen LogP contribution in [0.2, 0.25) is 5.02 Å². The number of hydrogen-bond acceptors (Lipinski definition) is 10. The molecule has 0 atom stereocenters. The molecule has 2 aliphatic heterocycles. The summed E-state index contributed by atoms with van der Waals surface area (Å²) < 4.78 is 12.5. The molecule has 11 nitrogen and oxygen atoms in total. The van der Waals surface area contributed by atoms with Gasteiger partial charge in [-0.15, -0.1) is 0 Å². The number of piperidine rings is 1. The van der Waals surface area contributed by atoms with Gasteiger partial charge in [-0.3, -0.25) is 0 Å². The number of nitrogens with one attached hydrogen (secondary N) is 1. The maximum Gasteiger partial charge on any atom is 0.345 e. The molecular weight excluding hydrogens is 498 g/mol. The lowest BCUT2D eigenvalue weighted by atomic mass is 10.1. The van der Waals surface area contributed by atoms with Crippen molar-refractivity contribution >= 4 is 35.2 Å². The second kappa shape index (κ2) is 10.8. The number of aromatic nitrogens is 4. The van der Waals surface area contributed by atoms with Crippen LogP contribution in [0.3, 0.4) is 0 Å². The zero-order valence-electron chi connectivity index (χ0n) is 20.9. The number of imidazole rings is 1. The molecule has 4 heterocycles. The van der Waals surface area contributed by atoms with E-state index in [0.29, 0.717) is 73.9 Å². The third-order valence-corrected chi connectivity index (χ3v) is 7.03. The molecule has 2 aromatic heterocycles. The zero-order chi connectivity index (χ0) is 25.9. The number of anilines is 3. The van der Waals surface area contributed by atoms with Crippen LogP contribution in [0, 0.1) is 0 Å². The second-order valence-electron chi connectivity index (χ2n) is 9.06. The van der Waals surface area contributed by atoms with Crippen molar-refractivity contribution in [1.29, 1.82) is 0 Å². The predicted molar refractivity (Wildman–Crippen MR) is 139 cm³/mol. The van der Waals surface area contributed by atoms with Crippen LogP contribution in [0.4, 0.5) is 17.6 Å². The van der Waals surface area contributed by atoms with Crippen molar-refractivity contribution in [1.82, 2.24) is 19.5 Å². The largest absolute Gasteiger partial charge is 0.495 e. The Morgan fingerprint density at radius 2 is 1.97 bits per heavy atom. The minimum absolute atomic E-state index is 0.265. The smallest absolute Gasteiger partial charge is 0.345 e. The SMILES string of the molecule is COC(=O)c1c(NCc2ccc(OC)c(Cl)c2)nc(N2CCn3ccnc3C2)nc1N1CCC(O)CC1. The monoisotopic (exact) mass is 527 g/mol. The quantitative estimate of drug-likeness (QED) is 0.444. The van der Waals surface area contributed by atoms with E-state index in [1.807, 2.05) is 23.2 Å². The number of nitrogens with zero attached hydrogens (tertiary/aromatic N) is 6. The maximum absolute atomic E-state index is 13.0. The van der Waals surface area contributed by atoms with Crippen LogP contribution in [0.15, 0.2) is 30.6 Å². The molecule has 1 fully saturated rings. The van der Waals surface area contributed by atoms with E-state index in [2.05, 4.69) is 19.8 Å². The van der Waals surface area contributed by atoms with Gasteiger partial charge in [-0.2, -0.15) is 9.97 Å². The average molecular weight is 528 g/mol. The number of aliphatic hydroxyl groups is 1. The first-order valence-corrected chi connectivity index (χ1v) is 12.6. The lowest BCUT2D eigenvalue weighted by Gasteiger charge is -2.33. The topological polar surface area (TPSA) is 118 Å². The van der Waals surface area contributed by atoms with Gasteiger partial charge < -0.3 is 34.3 Å². The van der Waals surface area contributed by atoms with Gasteiger partial charge in [0.1, 0.15) is 23.0 Å². The van der Waals surface area contributed by atoms with Crippen LogP contribution in [0.5, 0.6) is 5.75 Å². The molecule has 0 amide bonds. The number of esters is 1. The van der Waals surface area contributed by atoms with Crippen molar-refractivity contribution in [3.05, 3.63) is 52.6 Å². The van der Waals surface area contributed by atoms with E-state index in [4.69, 9.17) is 31.0 Å². The highest BCUT2D eigenvalue weighted by atomic mass is 35.5. The summed E-state index contributed by atoms with van der Waals surface area (Å²) in [5.74, 6) is 2.35. The number of aliphatic hydroxyl groups excluding tert-OH is 1. The standard InChI is InChI=1S/C25H30ClN7O4/c1-36-19-4-3-16(13-18(19)26)14-28-22-21(24(35)37-2)23(32-8-5-17(34)6-9-32)30-25(29-22)33-12-11-31-10-7-27-20(31)15-33/h3-4,7,10,13,17,34H,5-6,8-9,11-12,14-15H2,1-2H3,(H,28,29,30). The van der Waals surface area contributed by atoms with E-state index in [-0.39, 0.29) is 11.7 Å². The summed E-state index contributed by atoms with van der Waals surface area (Å²) in [6.07, 6.45) is 4.57. The Labute approximate surface area is 220 Å². The molecule has 196 valence electrons. The number of carbonyl (C=O) groups is 1. The van der Waals surface area contributed by atoms with Crippen LogP contribution in [-0.2, 0) is 24.4 Å². The Hall–Kier alpha value is -3.57. The van der Waals surface area contributed by atoms with Gasteiger partial charge in [-0.1, -0.05) is 17.7 Å². The zero-order valence-corrected chi connectivity index (χ0v) is 21.6. The number of rotatable bonds is 7. The summed E-state index contributed by atoms with van der Waals surface area (Å²) in [4.78, 5) is 31.2. The number of fused-ring (bicyclic) bond motifs is 1. The highest BCUT2D eigenvalue weighted by Gasteiger charge is 2.30. The van der Waals surface area contributed by atoms with Gasteiger partial charge in [0.2, 0.25) is 5.95 Å². The highest BCUT2D eigenvalue weighted by molar-refractivity contribution is 6.32. The molecule has 0 radical (unpaired) electrons. The van der Waals surface area contributed by atoms with Gasteiger partial charge in [-0.05, 0) is 30.5 Å². The first kappa shape index (κ1) is 25.1. The molecule has 0 spiro atoms. The molecule has 0 bridgehead atoms. The van der Waals surface area contributed by atoms with Crippen LogP contribution in [0.25, 0.3) is 0 Å². The van der Waals surface area contributed by atoms with Crippen molar-refractivity contribution in [3.63, 3.8) is 0 Å². The average Bonchev–Trinajstić information content (AvgIpc) is 3.39. The normalized spacial score (nSPS) is 15.9. The van der Waals surface area contributed by atoms with Crippen LogP contribution < -0.4 is 19.9 Å². The van der Waals surface area contributed by atoms with Crippen molar-refractivity contribution < 1.29 is 19.4 Å². The van der Waals surface area contributed by atoms with Crippen molar-refractivity contribution in [2.24, 2.45) is 0 Å². The minimum atomic E-state index is -0.530. The van der Waals surface area contributed by atoms with E-state index in [9.17, 15) is 9.90 Å². The molecule has 0 aliphatic carbocycles. The number of carbonyl (C=O) groups excluding carboxylic acids is 1. The first-order valence-electron chi connectivity index (χ1n) is 12.2. The fraction of sp³-hybridized carbons (Fsp3) is 0.440. The summed E-state index contributed by atoms with van der Waals surface area (Å²) >= 11 is 6.32. The number of halogens is 1. The van der Waals surface area contributed by atoms with E-state index in [1.165, 1.54) is 7.11 Å². The summed E-state index contributed by atoms with van der Waals surface area (Å²) in [5, 5.41) is 13.9. The van der Waals surface area contributed by atoms with Gasteiger partial charge in [0.25, 0.3) is 0 Å². The molecule has 37 heavy (non-hydrogen) atoms. The third-order valence-electron chi connectivity index (χ3n) is 6.74. The summed E-state index contributed by atoms with van der Waals surface area (Å²) in [6, 6.07) is 5.51. The molecular formula is C25H30ClN7O4. The molecule has 12 heteroatoms. The second-order valence-corrected chi connectivity index (χ2v) is 9.47. The van der Waals surface area contributed by atoms with Gasteiger partial charge in [0.15, 0.2) is 5.82 Å². The van der Waals surface area contributed by atoms with Gasteiger partial charge >= 0.3 is 5.97 Å². The lowest BCUT2D eigenvalue weighted by Crippen LogP contribution is -2.39. The molecule has 5 rings (SSSR count). The van der Waals surface area contributed by atoms with E-state index in [1.54, 1.807) is 19.4 Å². The van der Waals surface area contributed by atoms with E-state index >= 15 is 0 Å². The molecule has 2 aliphatic rings. The molecule has 1 saturated heterocycles. The van der Waals surface area contributed by atoms with E-state index in [0.717, 1.165) is 17.9 Å². The lowest BCUT2D eigenvalue weighted by molar-refractivity contribution is 0.0601. The molecule has 0 unspecified atom stereocenters. The Kier molecular flexibility index (Phi) is 7.33. The third kappa shape index (κ3) is 5.28. The molecule has 0 saturated carbocycles. The number of ether oxygens (including phenoxy) is 2. The van der Waals surface area contributed by atoms with Crippen LogP contribution >= 0.6 is 11.6 Å². The fourth-order valence-electron chi connectivity index (χ4n) is 4.65. The van der Waals surface area contributed by atoms with E-state index < -0.39 is 5.97 Å². The van der Waals surface area contributed by atoms with Crippen LogP contribution in [0.1, 0.15) is 34.6 Å². The Balaban J connectivity index is 1.53. The van der Waals surface area contributed by atoms with Crippen molar-refractivity contribution in [2.75, 3.05) is 49.0 Å². The number of hydrogen-bond donors (Lipinski definition) is 2. The summed E-state index contributed by atoms with van der Waals surface area (Å²) in [7, 11) is 2.91. The number of benzene rings is 1. The molecule has 3 aromatic rings. The first-order chi connectivity index (χ1) is 18.0. The van der Waals surface area contributed by atoms with Crippen molar-refractivity contribution in [2.45, 2.75) is 38.6 Å². The van der Waals surface area contributed by atoms with Gasteiger partial charge in [0.05, 0.1) is 31.9 Å². The number of methoxy groups -OCH3 is 2. The maximum atomic E-state index is 13.0. The fourth-order valence-corrected chi connectivity index (χ4v) is 4.93. The van der Waals surface area contributed by atoms with Crippen LogP contribution in [-0.4, -0.2) is 70.6 Å². The highest BCUT2D eigenvalue weighted by Crippen LogP contribution is 2.32. The Morgan fingerprint density at radius 3 is 2.70 bits per heavy atom.